The molecule has 1 N–H and O–H groups in total. The third kappa shape index (κ3) is 4.79. The number of nitrogens with zero attached hydrogens (tertiary/aromatic N) is 3. The van der Waals surface area contributed by atoms with Crippen molar-refractivity contribution in [2.24, 2.45) is 0 Å². The van der Waals surface area contributed by atoms with Crippen molar-refractivity contribution in [2.45, 2.75) is 26.1 Å². The molecule has 2 aromatic heterocycles. The van der Waals surface area contributed by atoms with Gasteiger partial charge in [-0.25, -0.2) is 19.7 Å². The van der Waals surface area contributed by atoms with Gasteiger partial charge in [0.1, 0.15) is 4.88 Å². The molecule has 3 aromatic rings. The third-order valence-electron chi connectivity index (χ3n) is 3.88. The van der Waals surface area contributed by atoms with Crippen LogP contribution in [0.2, 0.25) is 0 Å². The summed E-state index contributed by atoms with van der Waals surface area (Å²) in [5, 5.41) is 2.55. The highest BCUT2D eigenvalue weighted by Crippen LogP contribution is 2.34. The largest absolute Gasteiger partial charge is 0.448 e. The maximum atomic E-state index is 13.1. The number of carbonyl (C=O) groups excluding carboxylic acids is 2. The summed E-state index contributed by atoms with van der Waals surface area (Å²) in [6.45, 7) is 2.85. The number of halogens is 3. The van der Waals surface area contributed by atoms with Crippen LogP contribution in [-0.4, -0.2) is 32.9 Å². The summed E-state index contributed by atoms with van der Waals surface area (Å²) in [4.78, 5) is 37.2. The normalized spacial score (nSPS) is 12.3. The molecule has 7 nitrogen and oxygen atoms in total. The first kappa shape index (κ1) is 21.4. The average Bonchev–Trinajstić information content (AvgIpc) is 3.10. The molecule has 0 radical (unpaired) electrons. The number of ether oxygens (including phenoxy) is 1. The SMILES string of the molecule is Cc1nc(-c2ncccn2)sc1C(=O)OC(C)C(=O)Nc1ccccc1C(F)(F)F. The Kier molecular flexibility index (Phi) is 6.11. The van der Waals surface area contributed by atoms with Gasteiger partial charge in [0.15, 0.2) is 16.9 Å². The van der Waals surface area contributed by atoms with Crippen LogP contribution in [0.15, 0.2) is 42.7 Å². The van der Waals surface area contributed by atoms with Gasteiger partial charge in [0.2, 0.25) is 0 Å². The lowest BCUT2D eigenvalue weighted by Gasteiger charge is -2.16. The van der Waals surface area contributed by atoms with Gasteiger partial charge in [0.05, 0.1) is 16.9 Å². The number of rotatable bonds is 5. The van der Waals surface area contributed by atoms with E-state index in [0.717, 1.165) is 23.5 Å². The Morgan fingerprint density at radius 2 is 1.80 bits per heavy atom. The van der Waals surface area contributed by atoms with Gasteiger partial charge >= 0.3 is 12.1 Å². The summed E-state index contributed by atoms with van der Waals surface area (Å²) in [6, 6.07) is 6.17. The fourth-order valence-electron chi connectivity index (χ4n) is 2.43. The van der Waals surface area contributed by atoms with E-state index < -0.39 is 35.4 Å². The number of aryl methyl sites for hydroxylation is 1. The summed E-state index contributed by atoms with van der Waals surface area (Å²) in [6.07, 6.45) is -2.92. The first-order valence-corrected chi connectivity index (χ1v) is 9.41. The fraction of sp³-hybridized carbons (Fsp3) is 0.211. The number of anilines is 1. The molecule has 30 heavy (non-hydrogen) atoms. The molecule has 0 spiro atoms. The van der Waals surface area contributed by atoms with Gasteiger partial charge < -0.3 is 10.1 Å². The highest BCUT2D eigenvalue weighted by molar-refractivity contribution is 7.16. The number of para-hydroxylation sites is 1. The van der Waals surface area contributed by atoms with Crippen LogP contribution in [0.1, 0.15) is 27.9 Å². The third-order valence-corrected chi connectivity index (χ3v) is 5.02. The highest BCUT2D eigenvalue weighted by atomic mass is 32.1. The molecule has 1 atom stereocenters. The number of alkyl halides is 3. The van der Waals surface area contributed by atoms with Crippen molar-refractivity contribution in [2.75, 3.05) is 5.32 Å². The fourth-order valence-corrected chi connectivity index (χ4v) is 3.33. The summed E-state index contributed by atoms with van der Waals surface area (Å²) in [5.41, 5.74) is -1.06. The van der Waals surface area contributed by atoms with E-state index in [0.29, 0.717) is 16.5 Å². The summed E-state index contributed by atoms with van der Waals surface area (Å²) in [7, 11) is 0. The van der Waals surface area contributed by atoms with Gasteiger partial charge in [-0.1, -0.05) is 12.1 Å². The lowest BCUT2D eigenvalue weighted by molar-refractivity contribution is -0.137. The van der Waals surface area contributed by atoms with E-state index in [2.05, 4.69) is 20.3 Å². The number of nitrogens with one attached hydrogen (secondary N) is 1. The molecule has 0 aliphatic carbocycles. The van der Waals surface area contributed by atoms with Gasteiger partial charge in [-0.15, -0.1) is 11.3 Å². The van der Waals surface area contributed by atoms with Crippen molar-refractivity contribution >= 4 is 28.9 Å². The molecule has 11 heteroatoms. The zero-order valence-corrected chi connectivity index (χ0v) is 16.5. The van der Waals surface area contributed by atoms with Crippen LogP contribution in [0, 0.1) is 6.92 Å². The van der Waals surface area contributed by atoms with E-state index in [9.17, 15) is 22.8 Å². The van der Waals surface area contributed by atoms with Crippen molar-refractivity contribution in [3.8, 4) is 10.8 Å². The predicted octanol–water partition coefficient (Wildman–Crippen LogP) is 4.11. The highest BCUT2D eigenvalue weighted by Gasteiger charge is 2.34. The topological polar surface area (TPSA) is 94.1 Å². The zero-order chi connectivity index (χ0) is 21.9. The van der Waals surface area contributed by atoms with Gasteiger partial charge in [-0.2, -0.15) is 13.2 Å². The van der Waals surface area contributed by atoms with E-state index in [1.807, 2.05) is 0 Å². The maximum absolute atomic E-state index is 13.1. The minimum Gasteiger partial charge on any atom is -0.448 e. The molecule has 1 unspecified atom stereocenters. The lowest BCUT2D eigenvalue weighted by atomic mass is 10.1. The van der Waals surface area contributed by atoms with Crippen LogP contribution in [0.25, 0.3) is 10.8 Å². The molecule has 2 heterocycles. The molecule has 1 aromatic carbocycles. The number of hydrogen-bond acceptors (Lipinski definition) is 7. The van der Waals surface area contributed by atoms with Crippen LogP contribution in [0.3, 0.4) is 0 Å². The van der Waals surface area contributed by atoms with Crippen molar-refractivity contribution < 1.29 is 27.5 Å². The first-order valence-electron chi connectivity index (χ1n) is 8.59. The van der Waals surface area contributed by atoms with Gasteiger partial charge in [-0.3, -0.25) is 4.79 Å². The number of benzene rings is 1. The lowest BCUT2D eigenvalue weighted by Crippen LogP contribution is -2.30. The van der Waals surface area contributed by atoms with Crippen LogP contribution in [-0.2, 0) is 15.7 Å². The Bertz CT molecular complexity index is 1070. The molecular formula is C19H15F3N4O3S. The van der Waals surface area contributed by atoms with Crippen molar-refractivity contribution in [3.05, 3.63) is 58.9 Å². The Labute approximate surface area is 173 Å². The van der Waals surface area contributed by atoms with Crippen molar-refractivity contribution in [3.63, 3.8) is 0 Å². The molecular weight excluding hydrogens is 421 g/mol. The molecule has 0 aliphatic heterocycles. The number of amides is 1. The zero-order valence-electron chi connectivity index (χ0n) is 15.7. The molecule has 0 fully saturated rings. The van der Waals surface area contributed by atoms with E-state index in [4.69, 9.17) is 4.74 Å². The van der Waals surface area contributed by atoms with Gasteiger partial charge in [0, 0.05) is 12.4 Å². The Morgan fingerprint density at radius 1 is 1.13 bits per heavy atom. The molecule has 0 saturated heterocycles. The van der Waals surface area contributed by atoms with E-state index in [1.165, 1.54) is 31.5 Å². The second kappa shape index (κ2) is 8.57. The Balaban J connectivity index is 1.71. The minimum atomic E-state index is -4.64. The molecule has 0 saturated carbocycles. The molecule has 0 aliphatic rings. The summed E-state index contributed by atoms with van der Waals surface area (Å²) >= 11 is 0.993. The Hall–Kier alpha value is -3.34. The van der Waals surface area contributed by atoms with Gasteiger partial charge in [-0.05, 0) is 32.0 Å². The molecule has 1 amide bonds. The minimum absolute atomic E-state index is 0.146. The summed E-state index contributed by atoms with van der Waals surface area (Å²) in [5.74, 6) is -1.38. The van der Waals surface area contributed by atoms with Crippen LogP contribution in [0.5, 0.6) is 0 Å². The first-order chi connectivity index (χ1) is 14.2. The van der Waals surface area contributed by atoms with Crippen LogP contribution >= 0.6 is 11.3 Å². The van der Waals surface area contributed by atoms with E-state index >= 15 is 0 Å². The number of hydrogen-bond donors (Lipinski definition) is 1. The van der Waals surface area contributed by atoms with Crippen LogP contribution in [0.4, 0.5) is 18.9 Å². The number of thiazole rings is 1. The van der Waals surface area contributed by atoms with E-state index in [-0.39, 0.29) is 4.88 Å². The number of aromatic nitrogens is 3. The monoisotopic (exact) mass is 436 g/mol. The smallest absolute Gasteiger partial charge is 0.418 e. The van der Waals surface area contributed by atoms with Crippen molar-refractivity contribution in [1.82, 2.24) is 15.0 Å². The second-order valence-electron chi connectivity index (χ2n) is 6.09. The number of esters is 1. The quantitative estimate of drug-likeness (QED) is 0.605. The molecule has 3 rings (SSSR count). The van der Waals surface area contributed by atoms with Crippen molar-refractivity contribution in [1.29, 1.82) is 0 Å². The standard InChI is InChI=1S/C19H15F3N4O3S/c1-10-14(30-17(25-10)15-23-8-5-9-24-15)18(28)29-11(2)16(27)26-13-7-4-3-6-12(13)19(20,21)22/h3-9,11H,1-2H3,(H,26,27). The van der Waals surface area contributed by atoms with Gasteiger partial charge in [0.25, 0.3) is 5.91 Å². The summed E-state index contributed by atoms with van der Waals surface area (Å²) < 4.78 is 44.3. The van der Waals surface area contributed by atoms with E-state index in [1.54, 1.807) is 13.0 Å². The maximum Gasteiger partial charge on any atom is 0.418 e. The van der Waals surface area contributed by atoms with Crippen LogP contribution < -0.4 is 5.32 Å². The second-order valence-corrected chi connectivity index (χ2v) is 7.09. The molecule has 0 bridgehead atoms. The Morgan fingerprint density at radius 3 is 2.47 bits per heavy atom. The number of carbonyl (C=O) groups is 2. The molecule has 156 valence electrons. The predicted molar refractivity (Wildman–Crippen MR) is 103 cm³/mol. The average molecular weight is 436 g/mol.